The predicted molar refractivity (Wildman–Crippen MR) is 67.6 cm³/mol. The van der Waals surface area contributed by atoms with Crippen molar-refractivity contribution in [1.29, 1.82) is 0 Å². The molecule has 0 N–H and O–H groups in total. The maximum absolute atomic E-state index is 10.6. The minimum atomic E-state index is 0.225. The highest BCUT2D eigenvalue weighted by molar-refractivity contribution is 5.71. The number of nitrogens with zero attached hydrogens (tertiary/aromatic N) is 2. The van der Waals surface area contributed by atoms with Crippen molar-refractivity contribution >= 4 is 12.2 Å². The number of carbonyl (C=O) groups excluding carboxylic acids is 1. The van der Waals surface area contributed by atoms with Crippen LogP contribution in [0.2, 0.25) is 0 Å². The van der Waals surface area contributed by atoms with E-state index in [9.17, 15) is 4.79 Å². The Balaban J connectivity index is 1.97. The van der Waals surface area contributed by atoms with Gasteiger partial charge < -0.3 is 9.32 Å². The average molecular weight is 236 g/mol. The molecule has 0 aliphatic carbocycles. The molecule has 2 rings (SSSR count). The lowest BCUT2D eigenvalue weighted by atomic mass is 10.1. The number of piperazine rings is 1. The smallest absolute Gasteiger partial charge is 0.196 e. The lowest BCUT2D eigenvalue weighted by Crippen LogP contribution is -2.53. The molecule has 1 fully saturated rings. The van der Waals surface area contributed by atoms with E-state index in [1.54, 1.807) is 6.07 Å². The molecular formula is C13H20N2O2. The van der Waals surface area contributed by atoms with Gasteiger partial charge in [0.1, 0.15) is 0 Å². The second-order valence-electron chi connectivity index (χ2n) is 5.44. The first-order chi connectivity index (χ1) is 8.00. The summed E-state index contributed by atoms with van der Waals surface area (Å²) >= 11 is 0. The fraction of sp³-hybridized carbons (Fsp3) is 0.615. The van der Waals surface area contributed by atoms with Crippen LogP contribution in [0.5, 0.6) is 0 Å². The summed E-state index contributed by atoms with van der Waals surface area (Å²) in [5.41, 5.74) is 0.225. The van der Waals surface area contributed by atoms with E-state index in [2.05, 4.69) is 30.6 Å². The molecule has 0 saturated carbocycles. The Kier molecular flexibility index (Phi) is 3.24. The van der Waals surface area contributed by atoms with Crippen LogP contribution >= 0.6 is 0 Å². The van der Waals surface area contributed by atoms with Crippen LogP contribution < -0.4 is 4.90 Å². The van der Waals surface area contributed by atoms with Gasteiger partial charge in [0.2, 0.25) is 0 Å². The molecular weight excluding hydrogens is 216 g/mol. The van der Waals surface area contributed by atoms with Gasteiger partial charge in [-0.05, 0) is 26.8 Å². The highest BCUT2D eigenvalue weighted by Gasteiger charge is 2.26. The first kappa shape index (κ1) is 12.2. The molecule has 0 spiro atoms. The second-order valence-corrected chi connectivity index (χ2v) is 5.44. The third kappa shape index (κ3) is 2.69. The number of aldehydes is 1. The predicted octanol–water partition coefficient (Wildman–Crippen LogP) is 2.01. The molecule has 0 aromatic carbocycles. The van der Waals surface area contributed by atoms with E-state index in [4.69, 9.17) is 4.42 Å². The Bertz CT molecular complexity index is 384. The van der Waals surface area contributed by atoms with Crippen LogP contribution in [0.1, 0.15) is 31.3 Å². The molecule has 94 valence electrons. The number of hydrogen-bond donors (Lipinski definition) is 0. The molecule has 1 aliphatic heterocycles. The van der Waals surface area contributed by atoms with Gasteiger partial charge in [0.15, 0.2) is 17.9 Å². The van der Waals surface area contributed by atoms with Crippen molar-refractivity contribution in [3.8, 4) is 0 Å². The van der Waals surface area contributed by atoms with Gasteiger partial charge in [0.05, 0.1) is 0 Å². The number of furan rings is 1. The van der Waals surface area contributed by atoms with Crippen molar-refractivity contribution in [2.45, 2.75) is 26.3 Å². The highest BCUT2D eigenvalue weighted by Crippen LogP contribution is 2.22. The Labute approximate surface area is 102 Å². The van der Waals surface area contributed by atoms with Crippen LogP contribution in [-0.4, -0.2) is 42.9 Å². The molecule has 1 aliphatic rings. The number of carbonyl (C=O) groups is 1. The fourth-order valence-electron chi connectivity index (χ4n) is 2.17. The topological polar surface area (TPSA) is 36.7 Å². The monoisotopic (exact) mass is 236 g/mol. The normalized spacial score (nSPS) is 18.4. The van der Waals surface area contributed by atoms with E-state index in [-0.39, 0.29) is 5.54 Å². The summed E-state index contributed by atoms with van der Waals surface area (Å²) in [7, 11) is 0. The third-order valence-electron chi connectivity index (χ3n) is 3.27. The van der Waals surface area contributed by atoms with E-state index in [1.807, 2.05) is 6.07 Å². The van der Waals surface area contributed by atoms with Gasteiger partial charge in [0.25, 0.3) is 0 Å². The zero-order valence-corrected chi connectivity index (χ0v) is 10.8. The lowest BCUT2D eigenvalue weighted by Gasteiger charge is -2.42. The molecule has 17 heavy (non-hydrogen) atoms. The van der Waals surface area contributed by atoms with Gasteiger partial charge in [-0.15, -0.1) is 0 Å². The summed E-state index contributed by atoms with van der Waals surface area (Å²) in [6.07, 6.45) is 0.745. The molecule has 1 saturated heterocycles. The van der Waals surface area contributed by atoms with Crippen molar-refractivity contribution in [3.63, 3.8) is 0 Å². The summed E-state index contributed by atoms with van der Waals surface area (Å²) in [6, 6.07) is 3.59. The highest BCUT2D eigenvalue weighted by atomic mass is 16.4. The molecule has 0 atom stereocenters. The maximum atomic E-state index is 10.6. The number of hydrogen-bond acceptors (Lipinski definition) is 4. The Hall–Kier alpha value is -1.29. The molecule has 1 aromatic heterocycles. The molecule has 0 radical (unpaired) electrons. The summed E-state index contributed by atoms with van der Waals surface area (Å²) in [5, 5.41) is 0. The van der Waals surface area contributed by atoms with Crippen LogP contribution in [0.15, 0.2) is 16.5 Å². The van der Waals surface area contributed by atoms with Gasteiger partial charge in [-0.2, -0.15) is 0 Å². The SMILES string of the molecule is CC(C)(C)N1CCN(c2ccc(C=O)o2)CC1. The minimum absolute atomic E-state index is 0.225. The minimum Gasteiger partial charge on any atom is -0.438 e. The summed E-state index contributed by atoms with van der Waals surface area (Å²) in [4.78, 5) is 15.2. The number of anilines is 1. The Morgan fingerprint density at radius 3 is 2.29 bits per heavy atom. The lowest BCUT2D eigenvalue weighted by molar-refractivity contribution is 0.109. The second kappa shape index (κ2) is 4.53. The molecule has 2 heterocycles. The van der Waals surface area contributed by atoms with Gasteiger partial charge in [-0.3, -0.25) is 9.69 Å². The first-order valence-corrected chi connectivity index (χ1v) is 6.06. The number of rotatable bonds is 2. The zero-order valence-electron chi connectivity index (χ0n) is 10.8. The fourth-order valence-corrected chi connectivity index (χ4v) is 2.17. The van der Waals surface area contributed by atoms with Crippen LogP contribution in [0.4, 0.5) is 5.88 Å². The van der Waals surface area contributed by atoms with E-state index in [0.717, 1.165) is 38.3 Å². The van der Waals surface area contributed by atoms with Gasteiger partial charge in [-0.25, -0.2) is 0 Å². The van der Waals surface area contributed by atoms with Crippen LogP contribution in [0, 0.1) is 0 Å². The largest absolute Gasteiger partial charge is 0.438 e. The van der Waals surface area contributed by atoms with E-state index in [0.29, 0.717) is 5.76 Å². The summed E-state index contributed by atoms with van der Waals surface area (Å²) < 4.78 is 5.43. The van der Waals surface area contributed by atoms with Gasteiger partial charge in [-0.1, -0.05) is 0 Å². The maximum Gasteiger partial charge on any atom is 0.196 e. The molecule has 0 bridgehead atoms. The van der Waals surface area contributed by atoms with Gasteiger partial charge in [0, 0.05) is 37.8 Å². The standard InChI is InChI=1S/C13H20N2O2/c1-13(2,3)15-8-6-14(7-9-15)12-5-4-11(10-16)17-12/h4-5,10H,6-9H2,1-3H3. The first-order valence-electron chi connectivity index (χ1n) is 6.06. The van der Waals surface area contributed by atoms with Crippen molar-refractivity contribution in [2.75, 3.05) is 31.1 Å². The van der Waals surface area contributed by atoms with Crippen LogP contribution in [0.25, 0.3) is 0 Å². The molecule has 4 heteroatoms. The van der Waals surface area contributed by atoms with E-state index < -0.39 is 0 Å². The van der Waals surface area contributed by atoms with Crippen molar-refractivity contribution in [3.05, 3.63) is 17.9 Å². The molecule has 1 aromatic rings. The molecule has 4 nitrogen and oxygen atoms in total. The zero-order chi connectivity index (χ0) is 12.5. The molecule has 0 amide bonds. The van der Waals surface area contributed by atoms with E-state index in [1.165, 1.54) is 0 Å². The van der Waals surface area contributed by atoms with Crippen LogP contribution in [0.3, 0.4) is 0 Å². The quantitative estimate of drug-likeness (QED) is 0.736. The molecule has 0 unspecified atom stereocenters. The summed E-state index contributed by atoms with van der Waals surface area (Å²) in [5.74, 6) is 1.21. The van der Waals surface area contributed by atoms with E-state index >= 15 is 0 Å². The Morgan fingerprint density at radius 2 is 1.82 bits per heavy atom. The van der Waals surface area contributed by atoms with Crippen LogP contribution in [-0.2, 0) is 0 Å². The van der Waals surface area contributed by atoms with Crippen molar-refractivity contribution in [2.24, 2.45) is 0 Å². The van der Waals surface area contributed by atoms with Crippen molar-refractivity contribution < 1.29 is 9.21 Å². The summed E-state index contributed by atoms with van der Waals surface area (Å²) in [6.45, 7) is 10.7. The van der Waals surface area contributed by atoms with Gasteiger partial charge >= 0.3 is 0 Å². The Morgan fingerprint density at radius 1 is 1.18 bits per heavy atom. The third-order valence-corrected chi connectivity index (χ3v) is 3.27. The van der Waals surface area contributed by atoms with Crippen molar-refractivity contribution in [1.82, 2.24) is 4.90 Å². The average Bonchev–Trinajstić information content (AvgIpc) is 2.76.